The second-order valence-electron chi connectivity index (χ2n) is 4.48. The number of rotatable bonds is 6. The van der Waals surface area contributed by atoms with Gasteiger partial charge in [0.15, 0.2) is 0 Å². The minimum absolute atomic E-state index is 0.0519. The molecule has 0 fully saturated rings. The molecule has 2 aromatic heterocycles. The van der Waals surface area contributed by atoms with Crippen LogP contribution in [0.25, 0.3) is 0 Å². The Bertz CT molecular complexity index is 510. The summed E-state index contributed by atoms with van der Waals surface area (Å²) in [5, 5.41) is 3.23. The molecule has 0 spiro atoms. The first kappa shape index (κ1) is 13.2. The Labute approximate surface area is 112 Å². The van der Waals surface area contributed by atoms with Crippen molar-refractivity contribution in [1.29, 1.82) is 0 Å². The fourth-order valence-electron chi connectivity index (χ4n) is 1.60. The van der Waals surface area contributed by atoms with Crippen LogP contribution in [0.5, 0.6) is 5.88 Å². The molecule has 0 bridgehead atoms. The number of ether oxygens (including phenoxy) is 1. The summed E-state index contributed by atoms with van der Waals surface area (Å²) in [6, 6.07) is 3.64. The topological polar surface area (TPSA) is 78.0 Å². The van der Waals surface area contributed by atoms with Gasteiger partial charge in [0.1, 0.15) is 5.82 Å². The SMILES string of the molecule is CC(C)Oc1nc(NCCn2ccnc2)ccc1N. The molecule has 0 saturated carbocycles. The molecule has 0 atom stereocenters. The molecule has 0 saturated heterocycles. The predicted octanol–water partition coefficient (Wildman–Crippen LogP) is 1.76. The molecule has 2 heterocycles. The third-order valence-electron chi connectivity index (χ3n) is 2.47. The van der Waals surface area contributed by atoms with Crippen LogP contribution in [0.15, 0.2) is 30.9 Å². The summed E-state index contributed by atoms with van der Waals surface area (Å²) in [5.74, 6) is 1.23. The lowest BCUT2D eigenvalue weighted by atomic mass is 10.4. The first-order chi connectivity index (χ1) is 9.15. The third-order valence-corrected chi connectivity index (χ3v) is 2.47. The first-order valence-corrected chi connectivity index (χ1v) is 6.28. The number of hydrogen-bond donors (Lipinski definition) is 2. The second-order valence-corrected chi connectivity index (χ2v) is 4.48. The van der Waals surface area contributed by atoms with Crippen LogP contribution < -0.4 is 15.8 Å². The largest absolute Gasteiger partial charge is 0.473 e. The van der Waals surface area contributed by atoms with Gasteiger partial charge in [-0.05, 0) is 26.0 Å². The molecule has 2 aromatic rings. The van der Waals surface area contributed by atoms with Gasteiger partial charge in [-0.1, -0.05) is 0 Å². The number of aromatic nitrogens is 3. The highest BCUT2D eigenvalue weighted by Gasteiger charge is 2.06. The van der Waals surface area contributed by atoms with E-state index in [1.54, 1.807) is 18.6 Å². The van der Waals surface area contributed by atoms with E-state index in [9.17, 15) is 0 Å². The Kier molecular flexibility index (Phi) is 4.22. The molecule has 2 rings (SSSR count). The van der Waals surface area contributed by atoms with E-state index in [1.165, 1.54) is 0 Å². The molecule has 6 heteroatoms. The van der Waals surface area contributed by atoms with Crippen LogP contribution in [0.4, 0.5) is 11.5 Å². The van der Waals surface area contributed by atoms with E-state index in [0.29, 0.717) is 11.6 Å². The molecule has 0 aliphatic carbocycles. The Morgan fingerprint density at radius 1 is 1.42 bits per heavy atom. The van der Waals surface area contributed by atoms with Crippen molar-refractivity contribution in [2.75, 3.05) is 17.6 Å². The molecule has 0 aromatic carbocycles. The maximum Gasteiger partial charge on any atom is 0.239 e. The van der Waals surface area contributed by atoms with E-state index in [0.717, 1.165) is 18.9 Å². The van der Waals surface area contributed by atoms with Crippen LogP contribution in [0.1, 0.15) is 13.8 Å². The minimum Gasteiger partial charge on any atom is -0.473 e. The van der Waals surface area contributed by atoms with Crippen LogP contribution in [-0.4, -0.2) is 27.2 Å². The quantitative estimate of drug-likeness (QED) is 0.828. The third kappa shape index (κ3) is 3.87. The number of imidazole rings is 1. The van der Waals surface area contributed by atoms with Crippen LogP contribution in [-0.2, 0) is 6.54 Å². The zero-order valence-electron chi connectivity index (χ0n) is 11.2. The van der Waals surface area contributed by atoms with Gasteiger partial charge in [0, 0.05) is 25.5 Å². The molecule has 6 nitrogen and oxygen atoms in total. The van der Waals surface area contributed by atoms with Crippen molar-refractivity contribution in [3.05, 3.63) is 30.9 Å². The van der Waals surface area contributed by atoms with Crippen molar-refractivity contribution in [2.24, 2.45) is 0 Å². The van der Waals surface area contributed by atoms with E-state index >= 15 is 0 Å². The molecule has 0 aliphatic heterocycles. The van der Waals surface area contributed by atoms with Crippen molar-refractivity contribution in [2.45, 2.75) is 26.5 Å². The summed E-state index contributed by atoms with van der Waals surface area (Å²) in [4.78, 5) is 8.34. The van der Waals surface area contributed by atoms with Gasteiger partial charge in [-0.15, -0.1) is 0 Å². The molecule has 0 radical (unpaired) electrons. The fraction of sp³-hybridized carbons (Fsp3) is 0.385. The monoisotopic (exact) mass is 261 g/mol. The molecule has 0 unspecified atom stereocenters. The summed E-state index contributed by atoms with van der Waals surface area (Å²) in [6.07, 6.45) is 5.52. The Balaban J connectivity index is 1.93. The highest BCUT2D eigenvalue weighted by atomic mass is 16.5. The molecule has 102 valence electrons. The van der Waals surface area contributed by atoms with Crippen molar-refractivity contribution >= 4 is 11.5 Å². The van der Waals surface area contributed by atoms with Gasteiger partial charge in [0.25, 0.3) is 0 Å². The summed E-state index contributed by atoms with van der Waals surface area (Å²) < 4.78 is 7.54. The van der Waals surface area contributed by atoms with Gasteiger partial charge >= 0.3 is 0 Å². The van der Waals surface area contributed by atoms with E-state index in [1.807, 2.05) is 30.7 Å². The minimum atomic E-state index is 0.0519. The molecule has 3 N–H and O–H groups in total. The van der Waals surface area contributed by atoms with E-state index in [-0.39, 0.29) is 6.10 Å². The lowest BCUT2D eigenvalue weighted by Crippen LogP contribution is -2.12. The highest BCUT2D eigenvalue weighted by Crippen LogP contribution is 2.21. The van der Waals surface area contributed by atoms with Gasteiger partial charge in [0.2, 0.25) is 5.88 Å². The van der Waals surface area contributed by atoms with Crippen LogP contribution in [0, 0.1) is 0 Å². The number of nitrogen functional groups attached to an aromatic ring is 1. The standard InChI is InChI=1S/C13H19N5O/c1-10(2)19-13-11(14)3-4-12(17-13)16-6-8-18-7-5-15-9-18/h3-5,7,9-10H,6,8,14H2,1-2H3,(H,16,17). The van der Waals surface area contributed by atoms with Crippen molar-refractivity contribution < 1.29 is 4.74 Å². The average molecular weight is 261 g/mol. The average Bonchev–Trinajstić information content (AvgIpc) is 2.86. The van der Waals surface area contributed by atoms with Gasteiger partial charge in [0.05, 0.1) is 18.1 Å². The first-order valence-electron chi connectivity index (χ1n) is 6.28. The molecule has 0 aliphatic rings. The van der Waals surface area contributed by atoms with E-state index in [4.69, 9.17) is 10.5 Å². The highest BCUT2D eigenvalue weighted by molar-refractivity contribution is 5.53. The van der Waals surface area contributed by atoms with Crippen molar-refractivity contribution in [3.63, 3.8) is 0 Å². The Morgan fingerprint density at radius 2 is 2.26 bits per heavy atom. The fourth-order valence-corrected chi connectivity index (χ4v) is 1.60. The van der Waals surface area contributed by atoms with Gasteiger partial charge < -0.3 is 20.4 Å². The smallest absolute Gasteiger partial charge is 0.239 e. The van der Waals surface area contributed by atoms with E-state index in [2.05, 4.69) is 15.3 Å². The number of pyridine rings is 1. The molecule has 19 heavy (non-hydrogen) atoms. The molecule has 0 amide bonds. The summed E-state index contributed by atoms with van der Waals surface area (Å²) in [5.41, 5.74) is 6.37. The van der Waals surface area contributed by atoms with Crippen LogP contribution in [0.2, 0.25) is 0 Å². The second kappa shape index (κ2) is 6.08. The number of hydrogen-bond acceptors (Lipinski definition) is 5. The van der Waals surface area contributed by atoms with Crippen LogP contribution in [0.3, 0.4) is 0 Å². The van der Waals surface area contributed by atoms with Crippen molar-refractivity contribution in [3.8, 4) is 5.88 Å². The maximum absolute atomic E-state index is 5.82. The summed E-state index contributed by atoms with van der Waals surface area (Å²) >= 11 is 0. The van der Waals surface area contributed by atoms with E-state index < -0.39 is 0 Å². The molecular weight excluding hydrogens is 242 g/mol. The normalized spacial score (nSPS) is 10.7. The summed E-state index contributed by atoms with van der Waals surface area (Å²) in [7, 11) is 0. The Hall–Kier alpha value is -2.24. The predicted molar refractivity (Wildman–Crippen MR) is 75.1 cm³/mol. The molecular formula is C13H19N5O. The maximum atomic E-state index is 5.82. The number of nitrogens with two attached hydrogens (primary N) is 1. The number of anilines is 2. The zero-order chi connectivity index (χ0) is 13.7. The summed E-state index contributed by atoms with van der Waals surface area (Å²) in [6.45, 7) is 5.47. The van der Waals surface area contributed by atoms with Gasteiger partial charge in [-0.2, -0.15) is 4.98 Å². The number of nitrogens with one attached hydrogen (secondary N) is 1. The number of nitrogens with zero attached hydrogens (tertiary/aromatic N) is 3. The lowest BCUT2D eigenvalue weighted by molar-refractivity contribution is 0.234. The van der Waals surface area contributed by atoms with Gasteiger partial charge in [-0.3, -0.25) is 0 Å². The van der Waals surface area contributed by atoms with Crippen molar-refractivity contribution in [1.82, 2.24) is 14.5 Å². The van der Waals surface area contributed by atoms with Gasteiger partial charge in [-0.25, -0.2) is 4.98 Å². The zero-order valence-corrected chi connectivity index (χ0v) is 11.2. The van der Waals surface area contributed by atoms with Crippen LogP contribution >= 0.6 is 0 Å². The Morgan fingerprint density at radius 3 is 2.95 bits per heavy atom. The lowest BCUT2D eigenvalue weighted by Gasteiger charge is -2.13.